The number of fused-ring (bicyclic) bond motifs is 3. The number of nitrogens with two attached hydrogens (primary N) is 1. The van der Waals surface area contributed by atoms with Gasteiger partial charge in [-0.1, -0.05) is 13.8 Å². The maximum atomic E-state index is 9.69. The topological polar surface area (TPSA) is 73.9 Å². The van der Waals surface area contributed by atoms with Gasteiger partial charge in [0.15, 0.2) is 0 Å². The Hall–Kier alpha value is -0.200. The van der Waals surface area contributed by atoms with Crippen LogP contribution in [0.3, 0.4) is 0 Å². The van der Waals surface area contributed by atoms with Gasteiger partial charge in [0.2, 0.25) is 0 Å². The Morgan fingerprint density at radius 1 is 1.27 bits per heavy atom. The zero-order valence-electron chi connectivity index (χ0n) is 9.23. The molecule has 3 aliphatic heterocycles. The Morgan fingerprint density at radius 3 is 2.13 bits per heavy atom. The van der Waals surface area contributed by atoms with Gasteiger partial charge in [-0.25, -0.2) is 0 Å². The first-order valence-electron chi connectivity index (χ1n) is 5.37. The van der Waals surface area contributed by atoms with Gasteiger partial charge in [-0.3, -0.25) is 0 Å². The molecule has 15 heavy (non-hydrogen) atoms. The SMILES string of the molecule is CC[C@H](O)[C@H](N)C12OCC(C)(CO1)CO2. The Labute approximate surface area is 89.5 Å². The fraction of sp³-hybridized carbons (Fsp3) is 1.00. The number of aliphatic hydroxyl groups excluding tert-OH is 1. The lowest BCUT2D eigenvalue weighted by Crippen LogP contribution is -2.68. The van der Waals surface area contributed by atoms with E-state index in [0.717, 1.165) is 0 Å². The monoisotopic (exact) mass is 217 g/mol. The molecule has 5 heteroatoms. The van der Waals surface area contributed by atoms with Crippen molar-refractivity contribution in [3.05, 3.63) is 0 Å². The first-order valence-corrected chi connectivity index (χ1v) is 5.37. The summed E-state index contributed by atoms with van der Waals surface area (Å²) >= 11 is 0. The van der Waals surface area contributed by atoms with Crippen molar-refractivity contribution < 1.29 is 19.3 Å². The highest BCUT2D eigenvalue weighted by atomic mass is 16.9. The standard InChI is InChI=1S/C10H19NO4/c1-3-7(12)8(11)10-13-4-9(2,5-14-10)6-15-10/h7-8,12H,3-6,11H2,1-2H3/t7-,8-,9?,10?/m0/s1. The van der Waals surface area contributed by atoms with Crippen molar-refractivity contribution in [1.82, 2.24) is 0 Å². The molecule has 2 bridgehead atoms. The molecular weight excluding hydrogens is 198 g/mol. The van der Waals surface area contributed by atoms with Gasteiger partial charge >= 0.3 is 5.97 Å². The summed E-state index contributed by atoms with van der Waals surface area (Å²) in [7, 11) is 0. The van der Waals surface area contributed by atoms with Crippen molar-refractivity contribution >= 4 is 0 Å². The van der Waals surface area contributed by atoms with Crippen LogP contribution in [0.1, 0.15) is 20.3 Å². The maximum Gasteiger partial charge on any atom is 0.301 e. The maximum absolute atomic E-state index is 9.69. The van der Waals surface area contributed by atoms with E-state index in [4.69, 9.17) is 19.9 Å². The van der Waals surface area contributed by atoms with E-state index < -0.39 is 18.1 Å². The van der Waals surface area contributed by atoms with Crippen molar-refractivity contribution in [3.8, 4) is 0 Å². The quantitative estimate of drug-likeness (QED) is 0.686. The van der Waals surface area contributed by atoms with Gasteiger partial charge in [0.05, 0.1) is 25.9 Å². The molecule has 3 rings (SSSR count). The van der Waals surface area contributed by atoms with Crippen molar-refractivity contribution in [3.63, 3.8) is 0 Å². The number of rotatable bonds is 3. The average Bonchev–Trinajstić information content (AvgIpc) is 2.28. The number of ether oxygens (including phenoxy) is 3. The predicted molar refractivity (Wildman–Crippen MR) is 53.0 cm³/mol. The molecule has 0 aliphatic carbocycles. The summed E-state index contributed by atoms with van der Waals surface area (Å²) < 4.78 is 16.6. The van der Waals surface area contributed by atoms with E-state index in [1.54, 1.807) is 0 Å². The Kier molecular flexibility index (Phi) is 2.77. The summed E-state index contributed by atoms with van der Waals surface area (Å²) in [5.41, 5.74) is 5.82. The van der Waals surface area contributed by atoms with Crippen LogP contribution in [0.2, 0.25) is 0 Å². The van der Waals surface area contributed by atoms with Crippen LogP contribution in [-0.2, 0) is 14.2 Å². The van der Waals surface area contributed by atoms with Crippen molar-refractivity contribution in [2.75, 3.05) is 19.8 Å². The van der Waals surface area contributed by atoms with Crippen LogP contribution >= 0.6 is 0 Å². The molecule has 88 valence electrons. The highest BCUT2D eigenvalue weighted by Gasteiger charge is 2.55. The molecule has 3 heterocycles. The van der Waals surface area contributed by atoms with Gasteiger partial charge in [-0.05, 0) is 6.42 Å². The summed E-state index contributed by atoms with van der Waals surface area (Å²) in [6.07, 6.45) is -0.122. The van der Waals surface area contributed by atoms with Crippen LogP contribution in [0.4, 0.5) is 0 Å². The highest BCUT2D eigenvalue weighted by molar-refractivity contribution is 4.91. The summed E-state index contributed by atoms with van der Waals surface area (Å²) in [5.74, 6) is -1.23. The minimum absolute atomic E-state index is 0.0708. The number of aliphatic hydroxyl groups is 1. The van der Waals surface area contributed by atoms with E-state index in [1.807, 2.05) is 13.8 Å². The molecule has 3 N–H and O–H groups in total. The van der Waals surface area contributed by atoms with Crippen molar-refractivity contribution in [2.24, 2.45) is 11.1 Å². The number of hydrogen-bond acceptors (Lipinski definition) is 5. The van der Waals surface area contributed by atoms with Crippen LogP contribution in [-0.4, -0.2) is 43.0 Å². The summed E-state index contributed by atoms with van der Waals surface area (Å²) in [4.78, 5) is 0. The second-order valence-electron chi connectivity index (χ2n) is 4.78. The smallest absolute Gasteiger partial charge is 0.301 e. The first kappa shape index (κ1) is 11.3. The van der Waals surface area contributed by atoms with Crippen molar-refractivity contribution in [1.29, 1.82) is 0 Å². The van der Waals surface area contributed by atoms with Crippen LogP contribution < -0.4 is 5.73 Å². The van der Waals surface area contributed by atoms with Gasteiger partial charge in [0.1, 0.15) is 6.04 Å². The Morgan fingerprint density at radius 2 is 1.73 bits per heavy atom. The molecule has 3 fully saturated rings. The molecule has 0 unspecified atom stereocenters. The second-order valence-corrected chi connectivity index (χ2v) is 4.78. The summed E-state index contributed by atoms with van der Waals surface area (Å²) in [5, 5.41) is 9.69. The molecule has 0 radical (unpaired) electrons. The molecular formula is C10H19NO4. The van der Waals surface area contributed by atoms with E-state index >= 15 is 0 Å². The van der Waals surface area contributed by atoms with E-state index in [0.29, 0.717) is 26.2 Å². The predicted octanol–water partition coefficient (Wildman–Crippen LogP) is -0.178. The molecule has 3 aliphatic rings. The van der Waals surface area contributed by atoms with Crippen LogP contribution in [0.5, 0.6) is 0 Å². The molecule has 5 nitrogen and oxygen atoms in total. The molecule has 0 amide bonds. The molecule has 0 aromatic heterocycles. The lowest BCUT2D eigenvalue weighted by Gasteiger charge is -2.52. The van der Waals surface area contributed by atoms with E-state index in [9.17, 15) is 5.11 Å². The zero-order valence-corrected chi connectivity index (χ0v) is 9.23. The molecule has 0 aromatic carbocycles. The van der Waals surface area contributed by atoms with Gasteiger partial charge in [-0.2, -0.15) is 0 Å². The third-order valence-electron chi connectivity index (χ3n) is 3.11. The molecule has 3 saturated heterocycles. The third-order valence-corrected chi connectivity index (χ3v) is 3.11. The minimum atomic E-state index is -1.23. The lowest BCUT2D eigenvalue weighted by molar-refractivity contribution is -0.475. The van der Waals surface area contributed by atoms with Gasteiger partial charge < -0.3 is 25.1 Å². The van der Waals surface area contributed by atoms with E-state index in [1.165, 1.54) is 0 Å². The minimum Gasteiger partial charge on any atom is -0.391 e. The van der Waals surface area contributed by atoms with E-state index in [-0.39, 0.29) is 5.41 Å². The third kappa shape index (κ3) is 1.79. The van der Waals surface area contributed by atoms with E-state index in [2.05, 4.69) is 0 Å². The Bertz CT molecular complexity index is 221. The largest absolute Gasteiger partial charge is 0.391 e. The van der Waals surface area contributed by atoms with Crippen molar-refractivity contribution in [2.45, 2.75) is 38.4 Å². The fourth-order valence-corrected chi connectivity index (χ4v) is 1.85. The molecule has 0 aromatic rings. The van der Waals surface area contributed by atoms with Gasteiger partial charge in [-0.15, -0.1) is 0 Å². The van der Waals surface area contributed by atoms with Crippen LogP contribution in [0, 0.1) is 5.41 Å². The normalized spacial score (nSPS) is 44.0. The molecule has 2 atom stereocenters. The zero-order chi connectivity index (χ0) is 11.1. The van der Waals surface area contributed by atoms with Gasteiger partial charge in [0, 0.05) is 5.41 Å². The highest BCUT2D eigenvalue weighted by Crippen LogP contribution is 2.40. The Balaban J connectivity index is 2.09. The lowest BCUT2D eigenvalue weighted by atomic mass is 9.90. The molecule has 0 spiro atoms. The number of hydrogen-bond donors (Lipinski definition) is 2. The average molecular weight is 217 g/mol. The summed E-state index contributed by atoms with van der Waals surface area (Å²) in [6, 6.07) is -0.660. The fourth-order valence-electron chi connectivity index (χ4n) is 1.85. The first-order chi connectivity index (χ1) is 7.01. The second kappa shape index (κ2) is 3.68. The van der Waals surface area contributed by atoms with Crippen LogP contribution in [0.25, 0.3) is 0 Å². The summed E-state index contributed by atoms with van der Waals surface area (Å²) in [6.45, 7) is 5.60. The van der Waals surface area contributed by atoms with Gasteiger partial charge in [0.25, 0.3) is 0 Å². The van der Waals surface area contributed by atoms with Crippen LogP contribution in [0.15, 0.2) is 0 Å². The molecule has 0 saturated carbocycles.